The molecular formula is C28H26O17S4. The number of phenolic OH excluding ortho intramolecular Hbond substituents is 4. The lowest BCUT2D eigenvalue weighted by Gasteiger charge is -2.19. The molecule has 0 saturated heterocycles. The molecule has 49 heavy (non-hydrogen) atoms. The highest BCUT2D eigenvalue weighted by Gasteiger charge is 2.26. The SMILES string of the molecule is O.O=S(=O)(O)c1cc2c(O)c(c1)Cc1cc(S(=O)(=O)O)cc(c1O)Cc1cc(S(=O)(=O)O)cc(c1O)Cc1cc(S(=O)(=O)O)cc(c1O)C2. The van der Waals surface area contributed by atoms with Crippen LogP contribution in [0.15, 0.2) is 68.1 Å². The molecule has 0 unspecified atom stereocenters. The molecule has 0 heterocycles. The number of phenols is 4. The Balaban J connectivity index is 0.00000541. The van der Waals surface area contributed by atoms with E-state index in [2.05, 4.69) is 0 Å². The Kier molecular flexibility index (Phi) is 9.59. The van der Waals surface area contributed by atoms with Gasteiger partial charge in [0, 0.05) is 70.2 Å². The van der Waals surface area contributed by atoms with Crippen LogP contribution in [0.4, 0.5) is 0 Å². The second-order valence-electron chi connectivity index (χ2n) is 11.0. The first kappa shape index (κ1) is 37.5. The second-order valence-corrected chi connectivity index (χ2v) is 16.7. The van der Waals surface area contributed by atoms with Crippen LogP contribution in [0, 0.1) is 0 Å². The zero-order chi connectivity index (χ0) is 35.7. The van der Waals surface area contributed by atoms with Crippen molar-refractivity contribution in [3.05, 3.63) is 93.0 Å². The summed E-state index contributed by atoms with van der Waals surface area (Å²) in [4.78, 5) is -3.22. The monoisotopic (exact) mass is 762 g/mol. The lowest BCUT2D eigenvalue weighted by atomic mass is 9.91. The summed E-state index contributed by atoms with van der Waals surface area (Å²) in [6.45, 7) is 0. The van der Waals surface area contributed by atoms with Gasteiger partial charge in [-0.15, -0.1) is 0 Å². The predicted molar refractivity (Wildman–Crippen MR) is 167 cm³/mol. The van der Waals surface area contributed by atoms with Gasteiger partial charge >= 0.3 is 0 Å². The van der Waals surface area contributed by atoms with Crippen LogP contribution in [0.5, 0.6) is 23.0 Å². The highest BCUT2D eigenvalue weighted by molar-refractivity contribution is 7.86. The van der Waals surface area contributed by atoms with Gasteiger partial charge in [-0.05, 0) is 48.5 Å². The van der Waals surface area contributed by atoms with Gasteiger partial charge in [0.15, 0.2) is 0 Å². The van der Waals surface area contributed by atoms with Gasteiger partial charge in [-0.3, -0.25) is 18.2 Å². The first-order valence-corrected chi connectivity index (χ1v) is 19.0. The van der Waals surface area contributed by atoms with Crippen molar-refractivity contribution in [3.63, 3.8) is 0 Å². The third-order valence-corrected chi connectivity index (χ3v) is 11.0. The molecule has 21 heteroatoms. The molecule has 4 aromatic carbocycles. The van der Waals surface area contributed by atoms with E-state index < -0.39 is 109 Å². The molecular weight excluding hydrogens is 737 g/mol. The van der Waals surface area contributed by atoms with Crippen molar-refractivity contribution >= 4 is 40.5 Å². The Morgan fingerprint density at radius 3 is 0.551 bits per heavy atom. The summed E-state index contributed by atoms with van der Waals surface area (Å²) in [5, 5.41) is 44.8. The third kappa shape index (κ3) is 7.64. The number of aromatic hydroxyl groups is 4. The molecule has 0 spiro atoms. The molecule has 0 aliphatic heterocycles. The number of benzene rings is 4. The minimum absolute atomic E-state index is 0. The zero-order valence-electron chi connectivity index (χ0n) is 24.4. The molecule has 0 fully saturated rings. The van der Waals surface area contributed by atoms with Gasteiger partial charge in [-0.1, -0.05) is 0 Å². The highest BCUT2D eigenvalue weighted by Crippen LogP contribution is 2.40. The van der Waals surface area contributed by atoms with Gasteiger partial charge in [0.2, 0.25) is 0 Å². The molecule has 10 N–H and O–H groups in total. The van der Waals surface area contributed by atoms with Crippen LogP contribution in [0.2, 0.25) is 0 Å². The van der Waals surface area contributed by atoms with E-state index in [1.165, 1.54) is 0 Å². The zero-order valence-corrected chi connectivity index (χ0v) is 27.7. The Bertz CT molecular complexity index is 2050. The molecule has 5 rings (SSSR count). The van der Waals surface area contributed by atoms with E-state index in [1.54, 1.807) is 0 Å². The highest BCUT2D eigenvalue weighted by atomic mass is 32.2. The van der Waals surface area contributed by atoms with Crippen LogP contribution < -0.4 is 0 Å². The maximum Gasteiger partial charge on any atom is 0.294 e. The van der Waals surface area contributed by atoms with Crippen molar-refractivity contribution in [2.24, 2.45) is 0 Å². The smallest absolute Gasteiger partial charge is 0.294 e. The molecule has 8 bridgehead atoms. The van der Waals surface area contributed by atoms with Crippen LogP contribution in [0.3, 0.4) is 0 Å². The third-order valence-electron chi connectivity index (χ3n) is 7.68. The molecule has 264 valence electrons. The minimum Gasteiger partial charge on any atom is -0.507 e. The number of rotatable bonds is 4. The van der Waals surface area contributed by atoms with Gasteiger partial charge in [0.25, 0.3) is 40.5 Å². The lowest BCUT2D eigenvalue weighted by Crippen LogP contribution is -2.08. The maximum atomic E-state index is 12.2. The van der Waals surface area contributed by atoms with Crippen molar-refractivity contribution < 1.29 is 77.8 Å². The Hall–Kier alpha value is -4.32. The van der Waals surface area contributed by atoms with E-state index in [9.17, 15) is 72.3 Å². The fourth-order valence-corrected chi connectivity index (χ4v) is 7.74. The number of fused-ring (bicyclic) bond motifs is 8. The standard InChI is InChI=1S/C28H24O16S4.H2O/c29-25-13-1-14-6-22(46(36,37)38)8-16(26(14)30)3-18-10-24(48(42,43)44)12-20(28(18)32)4-19-11-23(47(39,40)41)9-17(27(19)31)2-15(25)7-21(5-13)45(33,34)35;/h5-12,29-32H,1-4H2,(H,33,34,35)(H,36,37,38)(H,39,40,41)(H,42,43,44);1H2. The van der Waals surface area contributed by atoms with Crippen molar-refractivity contribution in [3.8, 4) is 23.0 Å². The van der Waals surface area contributed by atoms with Crippen LogP contribution in [0.1, 0.15) is 44.5 Å². The average molecular weight is 763 g/mol. The normalized spacial score (nSPS) is 13.8. The molecule has 0 saturated carbocycles. The molecule has 0 aromatic heterocycles. The summed E-state index contributed by atoms with van der Waals surface area (Å²) < 4.78 is 137. The summed E-state index contributed by atoms with van der Waals surface area (Å²) in [6, 6.07) is 6.25. The molecule has 1 aliphatic rings. The summed E-state index contributed by atoms with van der Waals surface area (Å²) >= 11 is 0. The molecule has 4 aromatic rings. The lowest BCUT2D eigenvalue weighted by molar-refractivity contribution is 0.449. The Morgan fingerprint density at radius 2 is 0.449 bits per heavy atom. The Labute approximate surface area is 278 Å². The van der Waals surface area contributed by atoms with Crippen LogP contribution in [0.25, 0.3) is 0 Å². The van der Waals surface area contributed by atoms with E-state index in [0.717, 1.165) is 48.5 Å². The van der Waals surface area contributed by atoms with Gasteiger partial charge in [0.05, 0.1) is 19.6 Å². The van der Waals surface area contributed by atoms with Crippen molar-refractivity contribution in [1.82, 2.24) is 0 Å². The van der Waals surface area contributed by atoms with Crippen LogP contribution in [-0.4, -0.2) is 77.8 Å². The van der Waals surface area contributed by atoms with E-state index in [-0.39, 0.29) is 50.0 Å². The fraction of sp³-hybridized carbons (Fsp3) is 0.143. The van der Waals surface area contributed by atoms with E-state index in [1.807, 2.05) is 0 Å². The predicted octanol–water partition coefficient (Wildman–Crippen LogP) is 1.35. The maximum absolute atomic E-state index is 12.2. The first-order chi connectivity index (χ1) is 21.9. The summed E-state index contributed by atoms with van der Waals surface area (Å²) in [5.74, 6) is -2.81. The summed E-state index contributed by atoms with van der Waals surface area (Å²) in [6.07, 6.45) is -2.74. The van der Waals surface area contributed by atoms with E-state index >= 15 is 0 Å². The van der Waals surface area contributed by atoms with Crippen molar-refractivity contribution in [2.75, 3.05) is 0 Å². The topological polar surface area (TPSA) is 330 Å². The van der Waals surface area contributed by atoms with Crippen LogP contribution >= 0.6 is 0 Å². The van der Waals surface area contributed by atoms with Gasteiger partial charge < -0.3 is 25.9 Å². The molecule has 17 nitrogen and oxygen atoms in total. The molecule has 0 radical (unpaired) electrons. The quantitative estimate of drug-likeness (QED) is 0.120. The van der Waals surface area contributed by atoms with Gasteiger partial charge in [0.1, 0.15) is 23.0 Å². The first-order valence-electron chi connectivity index (χ1n) is 13.2. The molecule has 1 aliphatic carbocycles. The van der Waals surface area contributed by atoms with E-state index in [4.69, 9.17) is 0 Å². The number of hydrogen-bond acceptors (Lipinski definition) is 12. The molecule has 0 amide bonds. The Morgan fingerprint density at radius 1 is 0.327 bits per heavy atom. The minimum atomic E-state index is -5.01. The fourth-order valence-electron chi connectivity index (χ4n) is 5.41. The van der Waals surface area contributed by atoms with E-state index in [0.29, 0.717) is 0 Å². The van der Waals surface area contributed by atoms with Crippen molar-refractivity contribution in [1.29, 1.82) is 0 Å². The summed E-state index contributed by atoms with van der Waals surface area (Å²) in [5.41, 5.74) is -2.85. The number of hydrogen-bond donors (Lipinski definition) is 8. The summed E-state index contributed by atoms with van der Waals surface area (Å²) in [7, 11) is -20.0. The molecule has 0 atom stereocenters. The van der Waals surface area contributed by atoms with Gasteiger partial charge in [-0.2, -0.15) is 33.7 Å². The largest absolute Gasteiger partial charge is 0.507 e. The van der Waals surface area contributed by atoms with Crippen LogP contribution in [-0.2, 0) is 66.2 Å². The van der Waals surface area contributed by atoms with Gasteiger partial charge in [-0.25, -0.2) is 0 Å². The average Bonchev–Trinajstić information content (AvgIpc) is 2.93. The second kappa shape index (κ2) is 12.5. The van der Waals surface area contributed by atoms with Crippen molar-refractivity contribution in [2.45, 2.75) is 45.3 Å².